The Bertz CT molecular complexity index is 163. The molecule has 78 valence electrons. The van der Waals surface area contributed by atoms with Gasteiger partial charge in [-0.25, -0.2) is 0 Å². The molecule has 13 heavy (non-hydrogen) atoms. The summed E-state index contributed by atoms with van der Waals surface area (Å²) in [4.78, 5) is 10.3. The van der Waals surface area contributed by atoms with Crippen LogP contribution >= 0.6 is 22.9 Å². The third-order valence-electron chi connectivity index (χ3n) is 1.71. The van der Waals surface area contributed by atoms with Gasteiger partial charge in [-0.2, -0.15) is 0 Å². The van der Waals surface area contributed by atoms with Crippen LogP contribution in [0.15, 0.2) is 0 Å². The molecule has 0 bridgehead atoms. The summed E-state index contributed by atoms with van der Waals surface area (Å²) >= 11 is 1.94. The molecular weight excluding hydrogens is 285 g/mol. The third kappa shape index (κ3) is 6.23. The maximum atomic E-state index is 10.3. The summed E-state index contributed by atoms with van der Waals surface area (Å²) in [6.07, 6.45) is -0.234. The van der Waals surface area contributed by atoms with E-state index in [4.69, 9.17) is 5.11 Å². The van der Waals surface area contributed by atoms with E-state index in [0.717, 1.165) is 6.42 Å². The summed E-state index contributed by atoms with van der Waals surface area (Å²) in [7, 11) is 0. The Morgan fingerprint density at radius 1 is 1.54 bits per heavy atom. The lowest BCUT2D eigenvalue weighted by atomic mass is 9.98. The summed E-state index contributed by atoms with van der Waals surface area (Å²) in [5.41, 5.74) is 0. The summed E-state index contributed by atoms with van der Waals surface area (Å²) in [5, 5.41) is 18.0. The van der Waals surface area contributed by atoms with Crippen LogP contribution in [-0.4, -0.2) is 28.3 Å². The van der Waals surface area contributed by atoms with E-state index in [0.29, 0.717) is 5.92 Å². The first-order valence-corrected chi connectivity index (χ1v) is 5.31. The predicted molar refractivity (Wildman–Crippen MR) is 58.7 cm³/mol. The number of aliphatic carboxylic acids is 1. The third-order valence-corrected chi connectivity index (χ3v) is 2.51. The van der Waals surface area contributed by atoms with Gasteiger partial charge < -0.3 is 10.2 Å². The van der Waals surface area contributed by atoms with E-state index in [1.54, 1.807) is 0 Å². The number of aliphatic hydroxyl groups excluding tert-OH is 1. The minimum absolute atomic E-state index is 0.142. The van der Waals surface area contributed by atoms with Gasteiger partial charge in [-0.15, -0.1) is 0 Å². The lowest BCUT2D eigenvalue weighted by molar-refractivity contribution is -0.139. The zero-order valence-electron chi connectivity index (χ0n) is 7.83. The standard InChI is InChI=1S/C8H16INO3/c1-5(2)3-6(10-9)7(11)4-8(12)13/h5-7,10-11H,3-4H2,1-2H3,(H,12,13)/t6-,7-/m0/s1. The number of carboxylic acids is 1. The van der Waals surface area contributed by atoms with Crippen molar-refractivity contribution in [3.63, 3.8) is 0 Å². The lowest BCUT2D eigenvalue weighted by Crippen LogP contribution is -2.37. The van der Waals surface area contributed by atoms with E-state index in [1.165, 1.54) is 0 Å². The minimum Gasteiger partial charge on any atom is -0.481 e. The number of halogens is 1. The van der Waals surface area contributed by atoms with Crippen molar-refractivity contribution < 1.29 is 15.0 Å². The zero-order valence-corrected chi connectivity index (χ0v) is 9.98. The predicted octanol–water partition coefficient (Wildman–Crippen LogP) is 1.18. The van der Waals surface area contributed by atoms with Gasteiger partial charge in [0.2, 0.25) is 0 Å². The van der Waals surface area contributed by atoms with Crippen molar-refractivity contribution >= 4 is 28.8 Å². The van der Waals surface area contributed by atoms with Crippen molar-refractivity contribution in [2.24, 2.45) is 5.92 Å². The van der Waals surface area contributed by atoms with E-state index >= 15 is 0 Å². The van der Waals surface area contributed by atoms with Crippen LogP contribution < -0.4 is 3.53 Å². The molecule has 0 saturated carbocycles. The first kappa shape index (κ1) is 13.1. The normalized spacial score (nSPS) is 15.8. The van der Waals surface area contributed by atoms with Crippen LogP contribution in [-0.2, 0) is 4.79 Å². The van der Waals surface area contributed by atoms with Crippen LogP contribution in [0.3, 0.4) is 0 Å². The van der Waals surface area contributed by atoms with Crippen molar-refractivity contribution in [2.75, 3.05) is 0 Å². The molecule has 0 aromatic rings. The molecule has 0 amide bonds. The van der Waals surface area contributed by atoms with Gasteiger partial charge >= 0.3 is 5.97 Å². The average Bonchev–Trinajstić information content (AvgIpc) is 1.98. The Labute approximate surface area is 92.2 Å². The SMILES string of the molecule is CC(C)C[C@H](NI)[C@@H](O)CC(=O)O. The average molecular weight is 301 g/mol. The molecule has 5 heteroatoms. The Hall–Kier alpha value is 0.120. The van der Waals surface area contributed by atoms with Gasteiger partial charge in [0.15, 0.2) is 0 Å². The smallest absolute Gasteiger partial charge is 0.306 e. The summed E-state index contributed by atoms with van der Waals surface area (Å²) < 4.78 is 2.90. The van der Waals surface area contributed by atoms with Crippen LogP contribution in [0.5, 0.6) is 0 Å². The molecule has 0 aliphatic rings. The van der Waals surface area contributed by atoms with Crippen molar-refractivity contribution in [3.8, 4) is 0 Å². The van der Waals surface area contributed by atoms with Crippen LogP contribution in [0.4, 0.5) is 0 Å². The molecule has 0 aliphatic carbocycles. The van der Waals surface area contributed by atoms with Crippen molar-refractivity contribution in [1.82, 2.24) is 3.53 Å². The number of carboxylic acid groups (broad SMARTS) is 1. The molecule has 0 aliphatic heterocycles. The maximum Gasteiger partial charge on any atom is 0.306 e. The molecule has 0 fully saturated rings. The van der Waals surface area contributed by atoms with Gasteiger partial charge in [0.25, 0.3) is 0 Å². The van der Waals surface area contributed by atoms with Gasteiger partial charge in [0, 0.05) is 28.9 Å². The molecular formula is C8H16INO3. The lowest BCUT2D eigenvalue weighted by Gasteiger charge is -2.21. The van der Waals surface area contributed by atoms with Crippen LogP contribution in [0.25, 0.3) is 0 Å². The number of aliphatic hydroxyl groups is 1. The fraction of sp³-hybridized carbons (Fsp3) is 0.875. The number of hydrogen-bond donors (Lipinski definition) is 3. The van der Waals surface area contributed by atoms with Gasteiger partial charge in [-0.05, 0) is 12.3 Å². The van der Waals surface area contributed by atoms with Crippen molar-refractivity contribution in [3.05, 3.63) is 0 Å². The molecule has 0 aromatic carbocycles. The van der Waals surface area contributed by atoms with Gasteiger partial charge in [0.1, 0.15) is 0 Å². The second-order valence-corrected chi connectivity index (χ2v) is 4.13. The van der Waals surface area contributed by atoms with Crippen LogP contribution in [0, 0.1) is 5.92 Å². The molecule has 3 N–H and O–H groups in total. The molecule has 0 unspecified atom stereocenters. The summed E-state index contributed by atoms with van der Waals surface area (Å²) in [6.45, 7) is 4.07. The van der Waals surface area contributed by atoms with E-state index < -0.39 is 12.1 Å². The Balaban J connectivity index is 3.98. The number of nitrogens with one attached hydrogen (secondary N) is 1. The summed E-state index contributed by atoms with van der Waals surface area (Å²) in [6, 6.07) is -0.142. The topological polar surface area (TPSA) is 69.6 Å². The highest BCUT2D eigenvalue weighted by Gasteiger charge is 2.21. The zero-order chi connectivity index (χ0) is 10.4. The number of carbonyl (C=O) groups is 1. The van der Waals surface area contributed by atoms with E-state index in [-0.39, 0.29) is 12.5 Å². The molecule has 4 nitrogen and oxygen atoms in total. The van der Waals surface area contributed by atoms with Crippen LogP contribution in [0.2, 0.25) is 0 Å². The second-order valence-electron chi connectivity index (χ2n) is 3.51. The second kappa shape index (κ2) is 6.56. The number of hydrogen-bond acceptors (Lipinski definition) is 3. The van der Waals surface area contributed by atoms with Crippen molar-refractivity contribution in [2.45, 2.75) is 38.8 Å². The molecule has 0 spiro atoms. The highest BCUT2D eigenvalue weighted by Crippen LogP contribution is 2.11. The summed E-state index contributed by atoms with van der Waals surface area (Å²) in [5.74, 6) is -0.524. The molecule has 0 rings (SSSR count). The Morgan fingerprint density at radius 3 is 2.38 bits per heavy atom. The Morgan fingerprint density at radius 2 is 2.08 bits per heavy atom. The first-order chi connectivity index (χ1) is 5.97. The quantitative estimate of drug-likeness (QED) is 0.509. The molecule has 0 radical (unpaired) electrons. The van der Waals surface area contributed by atoms with Crippen molar-refractivity contribution in [1.29, 1.82) is 0 Å². The fourth-order valence-corrected chi connectivity index (χ4v) is 1.77. The molecule has 0 saturated heterocycles. The minimum atomic E-state index is -0.965. The maximum absolute atomic E-state index is 10.3. The Kier molecular flexibility index (Phi) is 6.62. The van der Waals surface area contributed by atoms with E-state index in [9.17, 15) is 9.90 Å². The fourth-order valence-electron chi connectivity index (χ4n) is 1.10. The van der Waals surface area contributed by atoms with Gasteiger partial charge in [-0.1, -0.05) is 13.8 Å². The van der Waals surface area contributed by atoms with Gasteiger partial charge in [0.05, 0.1) is 12.5 Å². The largest absolute Gasteiger partial charge is 0.481 e. The monoisotopic (exact) mass is 301 g/mol. The van der Waals surface area contributed by atoms with E-state index in [1.807, 2.05) is 36.7 Å². The number of rotatable bonds is 6. The highest BCUT2D eigenvalue weighted by atomic mass is 127. The van der Waals surface area contributed by atoms with Crippen LogP contribution in [0.1, 0.15) is 26.7 Å². The van der Waals surface area contributed by atoms with E-state index in [2.05, 4.69) is 3.53 Å². The molecule has 0 heterocycles. The molecule has 0 aromatic heterocycles. The highest BCUT2D eigenvalue weighted by molar-refractivity contribution is 14.1. The van der Waals surface area contributed by atoms with Gasteiger partial charge in [-0.3, -0.25) is 8.32 Å². The molecule has 2 atom stereocenters. The first-order valence-electron chi connectivity index (χ1n) is 4.23.